The van der Waals surface area contributed by atoms with Gasteiger partial charge in [0, 0.05) is 11.8 Å². The Morgan fingerprint density at radius 1 is 1.12 bits per heavy atom. The van der Waals surface area contributed by atoms with Gasteiger partial charge in [0.25, 0.3) is 0 Å². The number of aromatic nitrogens is 1. The minimum absolute atomic E-state index is 0.280. The first kappa shape index (κ1) is 15.9. The Balaban J connectivity index is 1.95. The fraction of sp³-hybridized carbons (Fsp3) is 0.100. The summed E-state index contributed by atoms with van der Waals surface area (Å²) in [6.07, 6.45) is 3.89. The highest BCUT2D eigenvalue weighted by Gasteiger charge is 2.08. The molecular formula is C20H16FNO2. The van der Waals surface area contributed by atoms with E-state index < -0.39 is 0 Å². The number of pyridine rings is 1. The van der Waals surface area contributed by atoms with E-state index in [1.807, 2.05) is 30.3 Å². The monoisotopic (exact) mass is 321 g/mol. The van der Waals surface area contributed by atoms with E-state index >= 15 is 0 Å². The van der Waals surface area contributed by atoms with E-state index in [9.17, 15) is 9.18 Å². The smallest absolute Gasteiger partial charge is 0.310 e. The minimum Gasteiger partial charge on any atom is -0.424 e. The Morgan fingerprint density at radius 2 is 1.96 bits per heavy atom. The van der Waals surface area contributed by atoms with E-state index in [1.54, 1.807) is 31.2 Å². The summed E-state index contributed by atoms with van der Waals surface area (Å²) < 4.78 is 18.5. The van der Waals surface area contributed by atoms with Crippen LogP contribution in [0.2, 0.25) is 0 Å². The Hall–Kier alpha value is -3.01. The van der Waals surface area contributed by atoms with Gasteiger partial charge >= 0.3 is 5.97 Å². The third-order valence-corrected chi connectivity index (χ3v) is 3.51. The van der Waals surface area contributed by atoms with Crippen LogP contribution in [0.3, 0.4) is 0 Å². The molecule has 0 saturated carbocycles. The van der Waals surface area contributed by atoms with Crippen molar-refractivity contribution in [1.29, 1.82) is 0 Å². The van der Waals surface area contributed by atoms with Crippen LogP contribution in [0.5, 0.6) is 5.75 Å². The lowest BCUT2D eigenvalue weighted by molar-refractivity contribution is -0.133. The van der Waals surface area contributed by atoms with Crippen LogP contribution in [0.25, 0.3) is 23.1 Å². The van der Waals surface area contributed by atoms with E-state index in [1.165, 1.54) is 12.1 Å². The highest BCUT2D eigenvalue weighted by atomic mass is 19.1. The van der Waals surface area contributed by atoms with Crippen LogP contribution in [-0.4, -0.2) is 11.0 Å². The van der Waals surface area contributed by atoms with Crippen LogP contribution in [0.4, 0.5) is 4.39 Å². The molecule has 1 aromatic heterocycles. The molecule has 0 N–H and O–H groups in total. The maximum absolute atomic E-state index is 13.2. The minimum atomic E-state index is -0.301. The summed E-state index contributed by atoms with van der Waals surface area (Å²) >= 11 is 0. The predicted molar refractivity (Wildman–Crippen MR) is 93.0 cm³/mol. The van der Waals surface area contributed by atoms with Crippen molar-refractivity contribution in [3.8, 4) is 5.75 Å². The number of ether oxygens (including phenoxy) is 1. The lowest BCUT2D eigenvalue weighted by Gasteiger charge is -2.06. The zero-order valence-electron chi connectivity index (χ0n) is 13.2. The first-order valence-corrected chi connectivity index (χ1v) is 7.70. The van der Waals surface area contributed by atoms with Gasteiger partial charge < -0.3 is 4.74 Å². The molecule has 1 heterocycles. The van der Waals surface area contributed by atoms with Crippen molar-refractivity contribution in [3.63, 3.8) is 0 Å². The number of carbonyl (C=O) groups is 1. The summed E-state index contributed by atoms with van der Waals surface area (Å²) in [6.45, 7) is 1.74. The zero-order valence-corrected chi connectivity index (χ0v) is 13.2. The summed E-state index contributed by atoms with van der Waals surface area (Å²) in [6, 6.07) is 15.6. The molecule has 3 nitrogen and oxygen atoms in total. The van der Waals surface area contributed by atoms with Gasteiger partial charge in [-0.2, -0.15) is 0 Å². The van der Waals surface area contributed by atoms with Gasteiger partial charge in [0.15, 0.2) is 5.75 Å². The number of carbonyl (C=O) groups excluding carboxylic acids is 1. The van der Waals surface area contributed by atoms with E-state index in [-0.39, 0.29) is 11.8 Å². The number of hydrogen-bond acceptors (Lipinski definition) is 3. The largest absolute Gasteiger partial charge is 0.424 e. The first-order chi connectivity index (χ1) is 11.7. The van der Waals surface area contributed by atoms with Crippen molar-refractivity contribution < 1.29 is 13.9 Å². The molecule has 0 spiro atoms. The van der Waals surface area contributed by atoms with Gasteiger partial charge in [0.1, 0.15) is 11.3 Å². The second-order valence-electron chi connectivity index (χ2n) is 5.28. The Morgan fingerprint density at radius 3 is 2.75 bits per heavy atom. The topological polar surface area (TPSA) is 39.2 Å². The molecule has 0 atom stereocenters. The lowest BCUT2D eigenvalue weighted by atomic mass is 10.1. The Labute approximate surface area is 139 Å². The maximum atomic E-state index is 13.2. The number of hydrogen-bond donors (Lipinski definition) is 0. The molecule has 3 aromatic rings. The molecule has 0 unspecified atom stereocenters. The molecule has 0 aliphatic carbocycles. The van der Waals surface area contributed by atoms with E-state index in [0.29, 0.717) is 23.4 Å². The zero-order chi connectivity index (χ0) is 16.9. The van der Waals surface area contributed by atoms with Gasteiger partial charge in [-0.15, -0.1) is 0 Å². The van der Waals surface area contributed by atoms with Crippen LogP contribution in [0.15, 0.2) is 54.6 Å². The Bertz CT molecular complexity index is 918. The van der Waals surface area contributed by atoms with Crippen molar-refractivity contribution in [2.45, 2.75) is 13.3 Å². The number of para-hydroxylation sites is 1. The van der Waals surface area contributed by atoms with Crippen LogP contribution in [0, 0.1) is 5.82 Å². The summed E-state index contributed by atoms with van der Waals surface area (Å²) in [5, 5.41) is 0.888. The average Bonchev–Trinajstić information content (AvgIpc) is 2.60. The van der Waals surface area contributed by atoms with Crippen LogP contribution in [0.1, 0.15) is 24.6 Å². The number of benzene rings is 2. The van der Waals surface area contributed by atoms with Crippen molar-refractivity contribution in [3.05, 3.63) is 71.7 Å². The summed E-state index contributed by atoms with van der Waals surface area (Å²) in [5.41, 5.74) is 2.08. The Kier molecular flexibility index (Phi) is 4.66. The van der Waals surface area contributed by atoms with Crippen molar-refractivity contribution >= 4 is 29.0 Å². The fourth-order valence-electron chi connectivity index (χ4n) is 2.30. The van der Waals surface area contributed by atoms with Gasteiger partial charge in [-0.25, -0.2) is 9.37 Å². The highest BCUT2D eigenvalue weighted by molar-refractivity contribution is 5.88. The molecule has 0 aliphatic rings. The molecule has 0 fully saturated rings. The molecule has 0 bridgehead atoms. The van der Waals surface area contributed by atoms with Gasteiger partial charge in [0.2, 0.25) is 0 Å². The molecule has 0 radical (unpaired) electrons. The second kappa shape index (κ2) is 7.04. The van der Waals surface area contributed by atoms with Crippen LogP contribution in [-0.2, 0) is 4.79 Å². The highest BCUT2D eigenvalue weighted by Crippen LogP contribution is 2.25. The summed E-state index contributed by atoms with van der Waals surface area (Å²) in [7, 11) is 0. The molecular weight excluding hydrogens is 305 g/mol. The van der Waals surface area contributed by atoms with Crippen molar-refractivity contribution in [2.24, 2.45) is 0 Å². The number of esters is 1. The molecule has 120 valence electrons. The normalized spacial score (nSPS) is 11.1. The second-order valence-corrected chi connectivity index (χ2v) is 5.28. The number of nitrogens with zero attached hydrogens (tertiary/aromatic N) is 1. The van der Waals surface area contributed by atoms with E-state index in [4.69, 9.17) is 4.74 Å². The number of fused-ring (bicyclic) bond motifs is 1. The number of halogens is 1. The van der Waals surface area contributed by atoms with Gasteiger partial charge in [-0.1, -0.05) is 43.3 Å². The SMILES string of the molecule is CCC(=O)Oc1cccc2ccc(C=Cc3cccc(F)c3)nc12. The standard InChI is InChI=1S/C20H16FNO2/c1-2-19(23)24-18-8-4-6-15-10-12-17(22-20(15)18)11-9-14-5-3-7-16(21)13-14/h3-13H,2H2,1H3. The van der Waals surface area contributed by atoms with Crippen molar-refractivity contribution in [2.75, 3.05) is 0 Å². The summed E-state index contributed by atoms with van der Waals surface area (Å²) in [5.74, 6) is -0.136. The molecule has 0 aliphatic heterocycles. The predicted octanol–water partition coefficient (Wildman–Crippen LogP) is 4.86. The fourth-order valence-corrected chi connectivity index (χ4v) is 2.30. The van der Waals surface area contributed by atoms with Crippen LogP contribution < -0.4 is 4.74 Å². The van der Waals surface area contributed by atoms with Gasteiger partial charge in [0.05, 0.1) is 5.69 Å². The number of rotatable bonds is 4. The average molecular weight is 321 g/mol. The van der Waals surface area contributed by atoms with E-state index in [0.717, 1.165) is 10.9 Å². The van der Waals surface area contributed by atoms with Crippen LogP contribution >= 0.6 is 0 Å². The maximum Gasteiger partial charge on any atom is 0.310 e. The van der Waals surface area contributed by atoms with Crippen molar-refractivity contribution in [1.82, 2.24) is 4.98 Å². The van der Waals surface area contributed by atoms with E-state index in [2.05, 4.69) is 4.98 Å². The molecule has 0 saturated heterocycles. The lowest BCUT2D eigenvalue weighted by Crippen LogP contribution is -2.06. The first-order valence-electron chi connectivity index (χ1n) is 7.70. The molecule has 4 heteroatoms. The third-order valence-electron chi connectivity index (χ3n) is 3.51. The van der Waals surface area contributed by atoms with Gasteiger partial charge in [-0.3, -0.25) is 4.79 Å². The quantitative estimate of drug-likeness (QED) is 0.509. The van der Waals surface area contributed by atoms with Gasteiger partial charge in [-0.05, 0) is 35.9 Å². The summed E-state index contributed by atoms with van der Waals surface area (Å²) in [4.78, 5) is 16.1. The third kappa shape index (κ3) is 3.66. The molecule has 2 aromatic carbocycles. The molecule has 3 rings (SSSR count). The molecule has 24 heavy (non-hydrogen) atoms. The molecule has 0 amide bonds.